The molecular weight excluding hydrogens is 266 g/mol. The molecule has 0 saturated heterocycles. The number of fused-ring (bicyclic) bond motifs is 2. The molecular formula is C16H11N3O2. The smallest absolute Gasteiger partial charge is 0.212 e. The number of nitroso groups, excluding NO2 is 1. The Balaban J connectivity index is 2.05. The van der Waals surface area contributed by atoms with E-state index in [1.54, 1.807) is 10.6 Å². The van der Waals surface area contributed by atoms with Gasteiger partial charge in [-0.05, 0) is 35.9 Å². The monoisotopic (exact) mass is 277 g/mol. The van der Waals surface area contributed by atoms with Crippen LogP contribution in [0.2, 0.25) is 0 Å². The molecule has 0 spiro atoms. The minimum absolute atomic E-state index is 0.257. The number of imidazole rings is 1. The van der Waals surface area contributed by atoms with Gasteiger partial charge in [-0.3, -0.25) is 4.40 Å². The second-order valence-corrected chi connectivity index (χ2v) is 4.91. The molecule has 4 aromatic rings. The molecule has 0 aliphatic heterocycles. The molecule has 0 aliphatic rings. The van der Waals surface area contributed by atoms with Crippen LogP contribution in [0.4, 0.5) is 5.82 Å². The average Bonchev–Trinajstić information content (AvgIpc) is 3.08. The largest absolute Gasteiger partial charge is 0.454 e. The zero-order chi connectivity index (χ0) is 14.4. The quantitative estimate of drug-likeness (QED) is 0.508. The van der Waals surface area contributed by atoms with Crippen molar-refractivity contribution in [3.8, 4) is 11.5 Å². The standard InChI is InChI=1S/C16H11N3O2/c1-10-5-4-8-19-15(10)17-14(16(19)18-20)13-9-11-6-2-3-7-12(11)21-13/h2-9H,1H3. The van der Waals surface area contributed by atoms with Gasteiger partial charge in [-0.15, -0.1) is 4.91 Å². The highest BCUT2D eigenvalue weighted by Crippen LogP contribution is 2.34. The summed E-state index contributed by atoms with van der Waals surface area (Å²) in [6.07, 6.45) is 1.78. The van der Waals surface area contributed by atoms with E-state index in [0.29, 0.717) is 17.1 Å². The number of nitrogens with zero attached hydrogens (tertiary/aromatic N) is 3. The highest BCUT2D eigenvalue weighted by atomic mass is 16.3. The van der Waals surface area contributed by atoms with Crippen LogP contribution in [0.15, 0.2) is 58.3 Å². The summed E-state index contributed by atoms with van der Waals surface area (Å²) in [6.45, 7) is 1.94. The Bertz CT molecular complexity index is 949. The summed E-state index contributed by atoms with van der Waals surface area (Å²) in [6, 6.07) is 13.4. The maximum Gasteiger partial charge on any atom is 0.212 e. The van der Waals surface area contributed by atoms with Crippen molar-refractivity contribution in [3.05, 3.63) is 59.1 Å². The van der Waals surface area contributed by atoms with Crippen molar-refractivity contribution in [2.75, 3.05) is 0 Å². The van der Waals surface area contributed by atoms with Crippen LogP contribution in [0.3, 0.4) is 0 Å². The van der Waals surface area contributed by atoms with Crippen LogP contribution in [0.1, 0.15) is 5.56 Å². The molecule has 0 aliphatic carbocycles. The fourth-order valence-electron chi connectivity index (χ4n) is 2.54. The molecule has 0 radical (unpaired) electrons. The van der Waals surface area contributed by atoms with Gasteiger partial charge in [0.05, 0.1) is 0 Å². The molecule has 0 amide bonds. The molecule has 3 aromatic heterocycles. The second kappa shape index (κ2) is 4.28. The van der Waals surface area contributed by atoms with E-state index in [4.69, 9.17) is 4.42 Å². The van der Waals surface area contributed by atoms with Gasteiger partial charge in [0.15, 0.2) is 11.5 Å². The molecule has 5 heteroatoms. The van der Waals surface area contributed by atoms with Gasteiger partial charge in [0.1, 0.15) is 11.2 Å². The van der Waals surface area contributed by atoms with Crippen LogP contribution in [0.5, 0.6) is 0 Å². The van der Waals surface area contributed by atoms with Crippen molar-refractivity contribution >= 4 is 22.4 Å². The van der Waals surface area contributed by atoms with Gasteiger partial charge in [-0.2, -0.15) is 0 Å². The van der Waals surface area contributed by atoms with E-state index in [1.165, 1.54) is 0 Å². The van der Waals surface area contributed by atoms with Crippen LogP contribution in [0.25, 0.3) is 28.1 Å². The number of aromatic nitrogens is 2. The number of aryl methyl sites for hydroxylation is 1. The highest BCUT2D eigenvalue weighted by molar-refractivity contribution is 5.84. The van der Waals surface area contributed by atoms with Crippen LogP contribution in [-0.2, 0) is 0 Å². The molecule has 3 heterocycles. The van der Waals surface area contributed by atoms with Gasteiger partial charge in [-0.1, -0.05) is 24.3 Å². The summed E-state index contributed by atoms with van der Waals surface area (Å²) in [5.41, 5.74) is 2.92. The molecule has 0 atom stereocenters. The van der Waals surface area contributed by atoms with Crippen molar-refractivity contribution < 1.29 is 4.42 Å². The number of rotatable bonds is 2. The van der Waals surface area contributed by atoms with Crippen molar-refractivity contribution in [3.63, 3.8) is 0 Å². The molecule has 0 fully saturated rings. The maximum absolute atomic E-state index is 11.2. The highest BCUT2D eigenvalue weighted by Gasteiger charge is 2.19. The van der Waals surface area contributed by atoms with E-state index in [-0.39, 0.29) is 5.82 Å². The predicted molar refractivity (Wildman–Crippen MR) is 80.6 cm³/mol. The van der Waals surface area contributed by atoms with E-state index < -0.39 is 0 Å². The van der Waals surface area contributed by atoms with Gasteiger partial charge in [0.25, 0.3) is 0 Å². The Hall–Kier alpha value is -2.95. The summed E-state index contributed by atoms with van der Waals surface area (Å²) in [4.78, 5) is 15.8. The fourth-order valence-corrected chi connectivity index (χ4v) is 2.54. The third-order valence-electron chi connectivity index (χ3n) is 3.57. The van der Waals surface area contributed by atoms with E-state index >= 15 is 0 Å². The summed E-state index contributed by atoms with van der Waals surface area (Å²) >= 11 is 0. The first-order chi connectivity index (χ1) is 10.3. The lowest BCUT2D eigenvalue weighted by Crippen LogP contribution is -1.85. The van der Waals surface area contributed by atoms with Crippen LogP contribution in [-0.4, -0.2) is 9.38 Å². The minimum atomic E-state index is 0.257. The Morgan fingerprint density at radius 1 is 1.19 bits per heavy atom. The number of furan rings is 1. The maximum atomic E-state index is 11.2. The van der Waals surface area contributed by atoms with Crippen LogP contribution in [0, 0.1) is 11.8 Å². The molecule has 0 N–H and O–H groups in total. The minimum Gasteiger partial charge on any atom is -0.454 e. The van der Waals surface area contributed by atoms with Gasteiger partial charge in [0, 0.05) is 11.6 Å². The zero-order valence-corrected chi connectivity index (χ0v) is 11.3. The summed E-state index contributed by atoms with van der Waals surface area (Å²) in [5.74, 6) is 0.807. The van der Waals surface area contributed by atoms with Crippen molar-refractivity contribution in [1.82, 2.24) is 9.38 Å². The van der Waals surface area contributed by atoms with Crippen molar-refractivity contribution in [1.29, 1.82) is 0 Å². The third-order valence-corrected chi connectivity index (χ3v) is 3.57. The third kappa shape index (κ3) is 1.67. The zero-order valence-electron chi connectivity index (χ0n) is 11.3. The number of hydrogen-bond donors (Lipinski definition) is 0. The molecule has 0 bridgehead atoms. The summed E-state index contributed by atoms with van der Waals surface area (Å²) in [7, 11) is 0. The molecule has 21 heavy (non-hydrogen) atoms. The number of pyridine rings is 1. The number of hydrogen-bond acceptors (Lipinski definition) is 4. The topological polar surface area (TPSA) is 59.9 Å². The Labute approximate surface area is 119 Å². The number of para-hydroxylation sites is 1. The Morgan fingerprint density at radius 3 is 2.86 bits per heavy atom. The summed E-state index contributed by atoms with van der Waals surface area (Å²) < 4.78 is 7.48. The van der Waals surface area contributed by atoms with Crippen molar-refractivity contribution in [2.45, 2.75) is 6.92 Å². The molecule has 0 saturated carbocycles. The average molecular weight is 277 g/mol. The molecule has 4 rings (SSSR count). The Kier molecular flexibility index (Phi) is 2.41. The van der Waals surface area contributed by atoms with Gasteiger partial charge in [-0.25, -0.2) is 4.98 Å². The summed E-state index contributed by atoms with van der Waals surface area (Å²) in [5, 5.41) is 4.11. The number of benzene rings is 1. The Morgan fingerprint density at radius 2 is 2.05 bits per heavy atom. The lowest BCUT2D eigenvalue weighted by Gasteiger charge is -1.95. The lowest BCUT2D eigenvalue weighted by molar-refractivity contribution is 0.629. The first-order valence-corrected chi connectivity index (χ1v) is 6.58. The first-order valence-electron chi connectivity index (χ1n) is 6.58. The van der Waals surface area contributed by atoms with Gasteiger partial charge >= 0.3 is 0 Å². The first kappa shape index (κ1) is 11.8. The van der Waals surface area contributed by atoms with Gasteiger partial charge < -0.3 is 4.42 Å². The molecule has 1 aromatic carbocycles. The van der Waals surface area contributed by atoms with Gasteiger partial charge in [0.2, 0.25) is 5.82 Å². The lowest BCUT2D eigenvalue weighted by atomic mass is 10.2. The predicted octanol–water partition coefficient (Wildman–Crippen LogP) is 4.45. The van der Waals surface area contributed by atoms with Crippen LogP contribution >= 0.6 is 0 Å². The van der Waals surface area contributed by atoms with Crippen molar-refractivity contribution in [2.24, 2.45) is 5.18 Å². The molecule has 5 nitrogen and oxygen atoms in total. The van der Waals surface area contributed by atoms with E-state index in [1.807, 2.05) is 49.4 Å². The molecule has 0 unspecified atom stereocenters. The van der Waals surface area contributed by atoms with Crippen LogP contribution < -0.4 is 0 Å². The fraction of sp³-hybridized carbons (Fsp3) is 0.0625. The second-order valence-electron chi connectivity index (χ2n) is 4.91. The van der Waals surface area contributed by atoms with E-state index in [0.717, 1.165) is 16.5 Å². The normalized spacial score (nSPS) is 11.3. The molecule has 102 valence electrons. The van der Waals surface area contributed by atoms with E-state index in [9.17, 15) is 4.91 Å². The van der Waals surface area contributed by atoms with E-state index in [2.05, 4.69) is 10.2 Å². The SMILES string of the molecule is Cc1cccn2c(N=O)c(-c3cc4ccccc4o3)nc12.